The highest BCUT2D eigenvalue weighted by Gasteiger charge is 2.29. The summed E-state index contributed by atoms with van der Waals surface area (Å²) in [5.74, 6) is 1.56. The molecule has 0 amide bonds. The fourth-order valence-electron chi connectivity index (χ4n) is 4.62. The molecule has 0 bridgehead atoms. The van der Waals surface area contributed by atoms with Gasteiger partial charge >= 0.3 is 0 Å². The lowest BCUT2D eigenvalue weighted by molar-refractivity contribution is 0.129. The Hall–Kier alpha value is -1.11. The maximum absolute atomic E-state index is 11.7. The first-order valence-corrected chi connectivity index (χ1v) is 12.1. The Labute approximate surface area is 164 Å². The summed E-state index contributed by atoms with van der Waals surface area (Å²) < 4.78 is 30.5. The van der Waals surface area contributed by atoms with Gasteiger partial charge < -0.3 is 4.74 Å². The van der Waals surface area contributed by atoms with Gasteiger partial charge in [0.15, 0.2) is 0 Å². The fourth-order valence-corrected chi connectivity index (χ4v) is 5.49. The van der Waals surface area contributed by atoms with Crippen LogP contribution in [0.25, 0.3) is 0 Å². The smallest absolute Gasteiger partial charge is 0.211 e. The van der Waals surface area contributed by atoms with Gasteiger partial charge in [-0.25, -0.2) is 12.7 Å². The van der Waals surface area contributed by atoms with E-state index in [0.29, 0.717) is 25.0 Å². The Morgan fingerprint density at radius 2 is 1.93 bits per heavy atom. The number of ether oxygens (including phenoxy) is 1. The van der Waals surface area contributed by atoms with E-state index in [0.717, 1.165) is 50.9 Å². The van der Waals surface area contributed by atoms with Crippen LogP contribution in [0, 0.1) is 5.92 Å². The van der Waals surface area contributed by atoms with E-state index in [4.69, 9.17) is 4.74 Å². The van der Waals surface area contributed by atoms with Crippen LogP contribution < -0.4 is 4.74 Å². The molecule has 152 valence electrons. The minimum absolute atomic E-state index is 0.596. The third kappa shape index (κ3) is 5.24. The van der Waals surface area contributed by atoms with Gasteiger partial charge in [-0.15, -0.1) is 0 Å². The van der Waals surface area contributed by atoms with E-state index in [1.807, 2.05) is 0 Å². The first-order valence-electron chi connectivity index (χ1n) is 10.3. The summed E-state index contributed by atoms with van der Waals surface area (Å²) in [6.07, 6.45) is 7.87. The van der Waals surface area contributed by atoms with E-state index >= 15 is 0 Å². The molecule has 3 rings (SSSR count). The fraction of sp³-hybridized carbons (Fsp3) is 0.714. The lowest BCUT2D eigenvalue weighted by atomic mass is 9.86. The van der Waals surface area contributed by atoms with Gasteiger partial charge in [0, 0.05) is 25.7 Å². The zero-order valence-corrected chi connectivity index (χ0v) is 17.8. The summed E-state index contributed by atoms with van der Waals surface area (Å²) in [5.41, 5.74) is 2.89. The number of benzene rings is 1. The predicted octanol–water partition coefficient (Wildman–Crippen LogP) is 2.94. The largest absolute Gasteiger partial charge is 0.497 e. The van der Waals surface area contributed by atoms with Crippen LogP contribution in [0.4, 0.5) is 0 Å². The molecule has 0 radical (unpaired) electrons. The number of rotatable bonds is 7. The molecule has 27 heavy (non-hydrogen) atoms. The van der Waals surface area contributed by atoms with E-state index in [1.165, 1.54) is 23.8 Å². The molecule has 1 aromatic carbocycles. The monoisotopic (exact) mass is 394 g/mol. The van der Waals surface area contributed by atoms with Crippen molar-refractivity contribution in [2.24, 2.45) is 5.92 Å². The van der Waals surface area contributed by atoms with Gasteiger partial charge in [-0.05, 0) is 74.2 Å². The normalized spacial score (nSPS) is 22.0. The molecule has 1 aliphatic heterocycles. The summed E-state index contributed by atoms with van der Waals surface area (Å²) in [4.78, 5) is 2.67. The van der Waals surface area contributed by atoms with Crippen LogP contribution in [0.2, 0.25) is 0 Å². The molecule has 0 aromatic heterocycles. The second-order valence-corrected chi connectivity index (χ2v) is 10.1. The molecule has 1 heterocycles. The van der Waals surface area contributed by atoms with Crippen molar-refractivity contribution in [3.05, 3.63) is 29.3 Å². The minimum atomic E-state index is -3.04. The van der Waals surface area contributed by atoms with Gasteiger partial charge in [-0.2, -0.15) is 0 Å². The first kappa shape index (κ1) is 20.6. The number of aryl methyl sites for hydroxylation is 1. The molecule has 2 aliphatic rings. The molecular weight excluding hydrogens is 360 g/mol. The van der Waals surface area contributed by atoms with Gasteiger partial charge in [0.2, 0.25) is 10.0 Å². The highest BCUT2D eigenvalue weighted by Crippen LogP contribution is 2.29. The SMILES string of the molecule is CCCN(CC1CCN(S(C)(=O)=O)CC1)C1CCc2cc(OC)ccc2C1. The molecule has 1 saturated heterocycles. The Balaban J connectivity index is 1.61. The average Bonchev–Trinajstić information content (AvgIpc) is 2.66. The Kier molecular flexibility index (Phi) is 6.82. The van der Waals surface area contributed by atoms with Gasteiger partial charge in [0.25, 0.3) is 0 Å². The van der Waals surface area contributed by atoms with Crippen LogP contribution in [0.3, 0.4) is 0 Å². The van der Waals surface area contributed by atoms with Crippen molar-refractivity contribution >= 4 is 10.0 Å². The third-order valence-electron chi connectivity index (χ3n) is 6.18. The van der Waals surface area contributed by atoms with E-state index in [1.54, 1.807) is 11.4 Å². The molecule has 1 aliphatic carbocycles. The van der Waals surface area contributed by atoms with Crippen LogP contribution in [0.5, 0.6) is 5.75 Å². The zero-order chi connectivity index (χ0) is 19.4. The summed E-state index contributed by atoms with van der Waals surface area (Å²) in [6.45, 7) is 5.83. The Morgan fingerprint density at radius 1 is 1.19 bits per heavy atom. The van der Waals surface area contributed by atoms with E-state index < -0.39 is 10.0 Å². The van der Waals surface area contributed by atoms with Crippen LogP contribution in [-0.4, -0.2) is 63.2 Å². The summed E-state index contributed by atoms with van der Waals surface area (Å²) in [6, 6.07) is 7.09. The third-order valence-corrected chi connectivity index (χ3v) is 7.48. The van der Waals surface area contributed by atoms with Crippen LogP contribution in [0.15, 0.2) is 18.2 Å². The summed E-state index contributed by atoms with van der Waals surface area (Å²) in [5, 5.41) is 0. The molecule has 1 fully saturated rings. The number of nitrogens with zero attached hydrogens (tertiary/aromatic N) is 2. The Bertz CT molecular complexity index is 727. The molecule has 1 unspecified atom stereocenters. The first-order chi connectivity index (χ1) is 12.9. The topological polar surface area (TPSA) is 49.9 Å². The quantitative estimate of drug-likeness (QED) is 0.713. The molecule has 6 heteroatoms. The maximum atomic E-state index is 11.7. The number of piperidine rings is 1. The van der Waals surface area contributed by atoms with Crippen LogP contribution in [-0.2, 0) is 22.9 Å². The molecule has 1 atom stereocenters. The molecular formula is C21H34N2O3S. The van der Waals surface area contributed by atoms with Crippen molar-refractivity contribution in [1.82, 2.24) is 9.21 Å². The van der Waals surface area contributed by atoms with Crippen molar-refractivity contribution in [2.75, 3.05) is 39.5 Å². The molecule has 5 nitrogen and oxygen atoms in total. The van der Waals surface area contributed by atoms with Crippen molar-refractivity contribution in [3.8, 4) is 5.75 Å². The van der Waals surface area contributed by atoms with Gasteiger partial charge in [0.1, 0.15) is 5.75 Å². The standard InChI is InChI=1S/C21H34N2O3S/c1-4-11-22(16-17-9-12-23(13-10-17)27(3,24)25)20-7-5-19-15-21(26-2)8-6-18(19)14-20/h6,8,15,17,20H,4-5,7,9-14,16H2,1-3H3. The number of methoxy groups -OCH3 is 1. The van der Waals surface area contributed by atoms with E-state index in [2.05, 4.69) is 30.0 Å². The van der Waals surface area contributed by atoms with Gasteiger partial charge in [-0.1, -0.05) is 13.0 Å². The molecule has 0 N–H and O–H groups in total. The maximum Gasteiger partial charge on any atom is 0.211 e. The molecule has 0 saturated carbocycles. The Morgan fingerprint density at radius 3 is 2.56 bits per heavy atom. The van der Waals surface area contributed by atoms with Gasteiger partial charge in [0.05, 0.1) is 13.4 Å². The minimum Gasteiger partial charge on any atom is -0.497 e. The second-order valence-electron chi connectivity index (χ2n) is 8.13. The van der Waals surface area contributed by atoms with Crippen LogP contribution in [0.1, 0.15) is 43.7 Å². The second kappa shape index (κ2) is 8.93. The van der Waals surface area contributed by atoms with Gasteiger partial charge in [-0.3, -0.25) is 4.90 Å². The predicted molar refractivity (Wildman–Crippen MR) is 110 cm³/mol. The molecule has 1 aromatic rings. The number of hydrogen-bond acceptors (Lipinski definition) is 4. The highest BCUT2D eigenvalue weighted by atomic mass is 32.2. The van der Waals surface area contributed by atoms with E-state index in [9.17, 15) is 8.42 Å². The lowest BCUT2D eigenvalue weighted by Gasteiger charge is -2.39. The number of hydrogen-bond donors (Lipinski definition) is 0. The lowest BCUT2D eigenvalue weighted by Crippen LogP contribution is -2.45. The summed E-state index contributed by atoms with van der Waals surface area (Å²) >= 11 is 0. The van der Waals surface area contributed by atoms with Crippen molar-refractivity contribution in [1.29, 1.82) is 0 Å². The van der Waals surface area contributed by atoms with Crippen LogP contribution >= 0.6 is 0 Å². The number of sulfonamides is 1. The van der Waals surface area contributed by atoms with E-state index in [-0.39, 0.29) is 0 Å². The summed E-state index contributed by atoms with van der Waals surface area (Å²) in [7, 11) is -1.31. The average molecular weight is 395 g/mol. The number of fused-ring (bicyclic) bond motifs is 1. The highest BCUT2D eigenvalue weighted by molar-refractivity contribution is 7.88. The zero-order valence-electron chi connectivity index (χ0n) is 17.0. The van der Waals surface area contributed by atoms with Crippen molar-refractivity contribution in [2.45, 2.75) is 51.5 Å². The van der Waals surface area contributed by atoms with Crippen molar-refractivity contribution in [3.63, 3.8) is 0 Å². The molecule has 0 spiro atoms. The van der Waals surface area contributed by atoms with Crippen molar-refractivity contribution < 1.29 is 13.2 Å².